The Kier molecular flexibility index (Phi) is 3.06. The maximum Gasteiger partial charge on any atom is 0.354 e. The van der Waals surface area contributed by atoms with Crippen LogP contribution >= 0.6 is 11.5 Å². The van der Waals surface area contributed by atoms with Crippen molar-refractivity contribution in [2.75, 3.05) is 5.32 Å². The summed E-state index contributed by atoms with van der Waals surface area (Å²) >= 11 is 1.05. The van der Waals surface area contributed by atoms with Gasteiger partial charge in [0.15, 0.2) is 11.4 Å². The number of aromatic nitrogens is 3. The predicted octanol–water partition coefficient (Wildman–Crippen LogP) is 0.884. The van der Waals surface area contributed by atoms with E-state index in [-0.39, 0.29) is 17.2 Å². The van der Waals surface area contributed by atoms with Gasteiger partial charge in [0, 0.05) is 5.38 Å². The Bertz CT molecular complexity index is 555. The zero-order valence-electron chi connectivity index (χ0n) is 8.32. The third kappa shape index (κ3) is 2.61. The van der Waals surface area contributed by atoms with E-state index in [9.17, 15) is 9.59 Å². The van der Waals surface area contributed by atoms with E-state index in [4.69, 9.17) is 5.11 Å². The third-order valence-electron chi connectivity index (χ3n) is 1.80. The van der Waals surface area contributed by atoms with E-state index in [1.165, 1.54) is 23.6 Å². The molecule has 2 rings (SSSR count). The monoisotopic (exact) mass is 250 g/mol. The average Bonchev–Trinajstić information content (AvgIpc) is 2.82. The van der Waals surface area contributed by atoms with Gasteiger partial charge in [0.2, 0.25) is 0 Å². The number of carboxylic acids is 1. The molecule has 0 saturated carbocycles. The third-order valence-corrected chi connectivity index (χ3v) is 2.31. The van der Waals surface area contributed by atoms with Crippen LogP contribution in [0.3, 0.4) is 0 Å². The summed E-state index contributed by atoms with van der Waals surface area (Å²) in [6.07, 6.45) is 0. The van der Waals surface area contributed by atoms with Crippen LogP contribution in [-0.4, -0.2) is 31.6 Å². The molecule has 86 valence electrons. The van der Waals surface area contributed by atoms with Gasteiger partial charge in [-0.3, -0.25) is 4.79 Å². The first-order valence-electron chi connectivity index (χ1n) is 4.45. The number of nitrogens with zero attached hydrogens (tertiary/aromatic N) is 3. The van der Waals surface area contributed by atoms with Crippen molar-refractivity contribution in [1.29, 1.82) is 0 Å². The van der Waals surface area contributed by atoms with E-state index < -0.39 is 11.9 Å². The van der Waals surface area contributed by atoms with Crippen LogP contribution < -0.4 is 5.32 Å². The van der Waals surface area contributed by atoms with Crippen molar-refractivity contribution in [1.82, 2.24) is 14.6 Å². The number of carbonyl (C=O) groups excluding carboxylic acids is 1. The number of aromatic carboxylic acids is 1. The van der Waals surface area contributed by atoms with Crippen molar-refractivity contribution in [3.8, 4) is 0 Å². The minimum absolute atomic E-state index is 0.140. The van der Waals surface area contributed by atoms with Gasteiger partial charge in [0.1, 0.15) is 5.82 Å². The first-order chi connectivity index (χ1) is 8.16. The van der Waals surface area contributed by atoms with Gasteiger partial charge in [0.25, 0.3) is 5.91 Å². The zero-order chi connectivity index (χ0) is 12.3. The van der Waals surface area contributed by atoms with Crippen molar-refractivity contribution >= 4 is 29.2 Å². The summed E-state index contributed by atoms with van der Waals surface area (Å²) in [5, 5.41) is 16.2. The van der Waals surface area contributed by atoms with Gasteiger partial charge in [-0.2, -0.15) is 0 Å². The number of amides is 1. The summed E-state index contributed by atoms with van der Waals surface area (Å²) < 4.78 is 3.55. The highest BCUT2D eigenvalue weighted by molar-refractivity contribution is 7.03. The Hall–Kier alpha value is -2.35. The van der Waals surface area contributed by atoms with Gasteiger partial charge in [-0.1, -0.05) is 10.6 Å². The van der Waals surface area contributed by atoms with Crippen molar-refractivity contribution in [3.05, 3.63) is 35.0 Å². The van der Waals surface area contributed by atoms with Crippen LogP contribution in [0.2, 0.25) is 0 Å². The molecule has 2 aromatic rings. The molecule has 0 saturated heterocycles. The number of hydrogen-bond acceptors (Lipinski definition) is 6. The van der Waals surface area contributed by atoms with Crippen LogP contribution in [0.5, 0.6) is 0 Å². The molecule has 1 amide bonds. The van der Waals surface area contributed by atoms with Crippen LogP contribution in [0.4, 0.5) is 5.82 Å². The maximum atomic E-state index is 11.6. The smallest absolute Gasteiger partial charge is 0.354 e. The molecular formula is C9H6N4O3S. The number of pyridine rings is 1. The Labute approximate surface area is 99.3 Å². The first-order valence-corrected chi connectivity index (χ1v) is 5.29. The molecule has 0 aromatic carbocycles. The molecule has 0 aliphatic heterocycles. The summed E-state index contributed by atoms with van der Waals surface area (Å²) in [5.74, 6) is -1.48. The highest BCUT2D eigenvalue weighted by Crippen LogP contribution is 2.07. The number of anilines is 1. The van der Waals surface area contributed by atoms with E-state index in [0.29, 0.717) is 0 Å². The minimum Gasteiger partial charge on any atom is -0.477 e. The van der Waals surface area contributed by atoms with Gasteiger partial charge < -0.3 is 10.4 Å². The minimum atomic E-state index is -1.16. The Balaban J connectivity index is 2.16. The average molecular weight is 250 g/mol. The molecule has 0 fully saturated rings. The summed E-state index contributed by atoms with van der Waals surface area (Å²) in [4.78, 5) is 26.0. The second-order valence-electron chi connectivity index (χ2n) is 2.96. The van der Waals surface area contributed by atoms with Crippen molar-refractivity contribution < 1.29 is 14.7 Å². The fourth-order valence-electron chi connectivity index (χ4n) is 1.07. The Morgan fingerprint density at radius 3 is 2.76 bits per heavy atom. The van der Waals surface area contributed by atoms with E-state index in [1.54, 1.807) is 0 Å². The Morgan fingerprint density at radius 1 is 1.29 bits per heavy atom. The predicted molar refractivity (Wildman–Crippen MR) is 59.1 cm³/mol. The van der Waals surface area contributed by atoms with Gasteiger partial charge in [-0.05, 0) is 23.7 Å². The fraction of sp³-hybridized carbons (Fsp3) is 0. The van der Waals surface area contributed by atoms with Crippen LogP contribution in [-0.2, 0) is 0 Å². The molecule has 2 heterocycles. The van der Waals surface area contributed by atoms with Gasteiger partial charge in [0.05, 0.1) is 0 Å². The van der Waals surface area contributed by atoms with Gasteiger partial charge in [-0.15, -0.1) is 5.10 Å². The highest BCUT2D eigenvalue weighted by Gasteiger charge is 2.11. The molecule has 0 unspecified atom stereocenters. The first kappa shape index (κ1) is 11.1. The van der Waals surface area contributed by atoms with Crippen LogP contribution in [0, 0.1) is 0 Å². The second-order valence-corrected chi connectivity index (χ2v) is 3.57. The second kappa shape index (κ2) is 4.66. The quantitative estimate of drug-likeness (QED) is 0.837. The molecule has 2 aromatic heterocycles. The number of rotatable bonds is 3. The molecular weight excluding hydrogens is 244 g/mol. The number of nitrogens with one attached hydrogen (secondary N) is 1. The molecule has 8 heteroatoms. The molecule has 0 spiro atoms. The van der Waals surface area contributed by atoms with E-state index >= 15 is 0 Å². The molecule has 7 nitrogen and oxygen atoms in total. The normalized spacial score (nSPS) is 9.88. The van der Waals surface area contributed by atoms with E-state index in [1.807, 2.05) is 0 Å². The number of hydrogen-bond donors (Lipinski definition) is 2. The topological polar surface area (TPSA) is 105 Å². The van der Waals surface area contributed by atoms with E-state index in [2.05, 4.69) is 19.9 Å². The Morgan fingerprint density at radius 2 is 2.12 bits per heavy atom. The van der Waals surface area contributed by atoms with Gasteiger partial charge in [-0.25, -0.2) is 9.78 Å². The molecule has 0 aliphatic carbocycles. The molecule has 0 bridgehead atoms. The number of carboxylic acid groups (broad SMARTS) is 1. The van der Waals surface area contributed by atoms with Crippen LogP contribution in [0.15, 0.2) is 23.6 Å². The van der Waals surface area contributed by atoms with Gasteiger partial charge >= 0.3 is 5.97 Å². The lowest BCUT2D eigenvalue weighted by Crippen LogP contribution is -2.14. The lowest BCUT2D eigenvalue weighted by molar-refractivity contribution is 0.0690. The molecule has 0 aliphatic rings. The maximum absolute atomic E-state index is 11.6. The SMILES string of the molecule is O=C(O)c1cccc(NC(=O)c2csnn2)n1. The standard InChI is InChI=1S/C9H6N4O3S/c14-8(6-4-17-13-12-6)11-7-3-1-2-5(10-7)9(15)16/h1-4H,(H,15,16)(H,10,11,14). The number of carbonyl (C=O) groups is 2. The highest BCUT2D eigenvalue weighted by atomic mass is 32.1. The largest absolute Gasteiger partial charge is 0.477 e. The van der Waals surface area contributed by atoms with Crippen molar-refractivity contribution in [2.45, 2.75) is 0 Å². The molecule has 0 atom stereocenters. The van der Waals surface area contributed by atoms with Crippen LogP contribution in [0.25, 0.3) is 0 Å². The fourth-order valence-corrected chi connectivity index (χ4v) is 1.50. The lowest BCUT2D eigenvalue weighted by Gasteiger charge is -2.02. The van der Waals surface area contributed by atoms with Crippen LogP contribution in [0.1, 0.15) is 21.0 Å². The molecule has 17 heavy (non-hydrogen) atoms. The molecule has 2 N–H and O–H groups in total. The summed E-state index contributed by atoms with van der Waals surface area (Å²) in [5.41, 5.74) is 0.0248. The molecule has 0 radical (unpaired) electrons. The van der Waals surface area contributed by atoms with Crippen molar-refractivity contribution in [2.24, 2.45) is 0 Å². The summed E-state index contributed by atoms with van der Waals surface area (Å²) in [6.45, 7) is 0. The van der Waals surface area contributed by atoms with Crippen molar-refractivity contribution in [3.63, 3.8) is 0 Å². The van der Waals surface area contributed by atoms with E-state index in [0.717, 1.165) is 11.5 Å². The zero-order valence-corrected chi connectivity index (χ0v) is 9.14. The summed E-state index contributed by atoms with van der Waals surface area (Å²) in [6, 6.07) is 4.32. The lowest BCUT2D eigenvalue weighted by atomic mass is 10.3. The summed E-state index contributed by atoms with van der Waals surface area (Å²) in [7, 11) is 0.